The minimum Gasteiger partial charge on any atom is -0.481 e. The van der Waals surface area contributed by atoms with Crippen LogP contribution >= 0.6 is 0 Å². The molecule has 0 aromatic heterocycles. The van der Waals surface area contributed by atoms with Crippen molar-refractivity contribution in [3.8, 4) is 0 Å². The average molecular weight is 184 g/mol. The summed E-state index contributed by atoms with van der Waals surface area (Å²) >= 11 is 0. The van der Waals surface area contributed by atoms with E-state index in [0.717, 1.165) is 18.8 Å². The van der Waals surface area contributed by atoms with Gasteiger partial charge in [0.05, 0.1) is 5.92 Å². The molecule has 0 amide bonds. The van der Waals surface area contributed by atoms with Crippen LogP contribution in [0.3, 0.4) is 0 Å². The van der Waals surface area contributed by atoms with E-state index in [0.29, 0.717) is 11.8 Å². The lowest BCUT2D eigenvalue weighted by Crippen LogP contribution is -2.35. The summed E-state index contributed by atoms with van der Waals surface area (Å²) in [6.07, 6.45) is 3.39. The standard InChI is InChI=1S/C11H20O2/c1-4-9-5-7(2)10(11(12)13)8(3)6-9/h7-10H,4-6H2,1-3H3,(H,12,13). The predicted octanol–water partition coefficient (Wildman–Crippen LogP) is 2.78. The van der Waals surface area contributed by atoms with E-state index in [1.54, 1.807) is 0 Å². The summed E-state index contributed by atoms with van der Waals surface area (Å²) in [4.78, 5) is 11.0. The van der Waals surface area contributed by atoms with Gasteiger partial charge in [-0.15, -0.1) is 0 Å². The summed E-state index contributed by atoms with van der Waals surface area (Å²) in [5, 5.41) is 9.04. The molecule has 0 spiro atoms. The minimum absolute atomic E-state index is 0.109. The number of rotatable bonds is 2. The van der Waals surface area contributed by atoms with Gasteiger partial charge in [-0.05, 0) is 30.6 Å². The number of aliphatic carboxylic acids is 1. The molecule has 0 radical (unpaired) electrons. The molecule has 0 bridgehead atoms. The molecule has 1 aliphatic rings. The molecule has 0 aliphatic heterocycles. The molecule has 0 heterocycles. The van der Waals surface area contributed by atoms with Gasteiger partial charge >= 0.3 is 5.97 Å². The second-order valence-corrected chi connectivity index (χ2v) is 4.56. The predicted molar refractivity (Wildman–Crippen MR) is 52.5 cm³/mol. The van der Waals surface area contributed by atoms with Gasteiger partial charge in [0.15, 0.2) is 0 Å². The van der Waals surface area contributed by atoms with Gasteiger partial charge in [-0.3, -0.25) is 4.79 Å². The molecule has 1 aliphatic carbocycles. The summed E-state index contributed by atoms with van der Waals surface area (Å²) in [6, 6.07) is 0. The number of carbonyl (C=O) groups is 1. The van der Waals surface area contributed by atoms with E-state index in [1.165, 1.54) is 6.42 Å². The van der Waals surface area contributed by atoms with Gasteiger partial charge in [0.2, 0.25) is 0 Å². The Morgan fingerprint density at radius 2 is 1.77 bits per heavy atom. The van der Waals surface area contributed by atoms with Crippen molar-refractivity contribution < 1.29 is 9.90 Å². The van der Waals surface area contributed by atoms with E-state index >= 15 is 0 Å². The fourth-order valence-electron chi connectivity index (χ4n) is 2.82. The molecule has 76 valence electrons. The first-order valence-corrected chi connectivity index (χ1v) is 5.29. The number of hydrogen-bond donors (Lipinski definition) is 1. The summed E-state index contributed by atoms with van der Waals surface area (Å²) in [6.45, 7) is 6.36. The van der Waals surface area contributed by atoms with Gasteiger partial charge in [0, 0.05) is 0 Å². The molecule has 0 saturated heterocycles. The molecule has 2 atom stereocenters. The van der Waals surface area contributed by atoms with Gasteiger partial charge < -0.3 is 5.11 Å². The van der Waals surface area contributed by atoms with E-state index < -0.39 is 5.97 Å². The molecular formula is C11H20O2. The van der Waals surface area contributed by atoms with Gasteiger partial charge in [0.25, 0.3) is 0 Å². The van der Waals surface area contributed by atoms with Crippen molar-refractivity contribution in [1.82, 2.24) is 0 Å². The molecule has 2 heteroatoms. The largest absolute Gasteiger partial charge is 0.481 e. The summed E-state index contributed by atoms with van der Waals surface area (Å²) in [7, 11) is 0. The fourth-order valence-corrected chi connectivity index (χ4v) is 2.82. The third-order valence-electron chi connectivity index (χ3n) is 3.50. The minimum atomic E-state index is -0.602. The zero-order valence-electron chi connectivity index (χ0n) is 8.79. The van der Waals surface area contributed by atoms with Crippen molar-refractivity contribution in [3.05, 3.63) is 0 Å². The summed E-state index contributed by atoms with van der Waals surface area (Å²) in [5.41, 5.74) is 0. The molecule has 0 aromatic carbocycles. The Kier molecular flexibility index (Phi) is 3.34. The summed E-state index contributed by atoms with van der Waals surface area (Å²) in [5.74, 6) is 0.746. The fraction of sp³-hybridized carbons (Fsp3) is 0.909. The van der Waals surface area contributed by atoms with Crippen LogP contribution in [0.2, 0.25) is 0 Å². The van der Waals surface area contributed by atoms with Crippen LogP contribution in [0.25, 0.3) is 0 Å². The topological polar surface area (TPSA) is 37.3 Å². The van der Waals surface area contributed by atoms with Crippen LogP contribution in [0.5, 0.6) is 0 Å². The number of carboxylic acid groups (broad SMARTS) is 1. The molecule has 1 saturated carbocycles. The first-order chi connectivity index (χ1) is 6.06. The Labute approximate surface area is 80.3 Å². The molecule has 2 unspecified atom stereocenters. The molecule has 13 heavy (non-hydrogen) atoms. The van der Waals surface area contributed by atoms with Crippen LogP contribution in [0, 0.1) is 23.7 Å². The Morgan fingerprint density at radius 1 is 1.31 bits per heavy atom. The van der Waals surface area contributed by atoms with Gasteiger partial charge in [-0.25, -0.2) is 0 Å². The zero-order valence-corrected chi connectivity index (χ0v) is 8.79. The first kappa shape index (κ1) is 10.6. The van der Waals surface area contributed by atoms with Crippen molar-refractivity contribution in [2.45, 2.75) is 40.0 Å². The second-order valence-electron chi connectivity index (χ2n) is 4.56. The lowest BCUT2D eigenvalue weighted by Gasteiger charge is -2.36. The Morgan fingerprint density at radius 3 is 2.08 bits per heavy atom. The van der Waals surface area contributed by atoms with Crippen LogP contribution in [-0.2, 0) is 4.79 Å². The lowest BCUT2D eigenvalue weighted by molar-refractivity contribution is -0.147. The highest BCUT2D eigenvalue weighted by molar-refractivity contribution is 5.70. The molecule has 2 nitrogen and oxygen atoms in total. The Hall–Kier alpha value is -0.530. The lowest BCUT2D eigenvalue weighted by atomic mass is 9.68. The van der Waals surface area contributed by atoms with Gasteiger partial charge in [0.1, 0.15) is 0 Å². The maximum atomic E-state index is 11.0. The number of carboxylic acids is 1. The maximum absolute atomic E-state index is 11.0. The third kappa shape index (κ3) is 2.23. The first-order valence-electron chi connectivity index (χ1n) is 5.29. The van der Waals surface area contributed by atoms with Crippen LogP contribution in [-0.4, -0.2) is 11.1 Å². The van der Waals surface area contributed by atoms with E-state index in [-0.39, 0.29) is 5.92 Å². The van der Waals surface area contributed by atoms with Crippen molar-refractivity contribution in [2.24, 2.45) is 23.7 Å². The quantitative estimate of drug-likeness (QED) is 0.716. The van der Waals surface area contributed by atoms with E-state index in [1.807, 2.05) is 0 Å². The molecule has 1 rings (SSSR count). The van der Waals surface area contributed by atoms with Crippen molar-refractivity contribution in [1.29, 1.82) is 0 Å². The van der Waals surface area contributed by atoms with Crippen LogP contribution < -0.4 is 0 Å². The highest BCUT2D eigenvalue weighted by Gasteiger charge is 2.36. The van der Waals surface area contributed by atoms with E-state index in [4.69, 9.17) is 5.11 Å². The average Bonchev–Trinajstić information content (AvgIpc) is 2.02. The van der Waals surface area contributed by atoms with Crippen molar-refractivity contribution in [2.75, 3.05) is 0 Å². The Balaban J connectivity index is 2.64. The van der Waals surface area contributed by atoms with Crippen LogP contribution in [0.15, 0.2) is 0 Å². The molecule has 0 aromatic rings. The highest BCUT2D eigenvalue weighted by atomic mass is 16.4. The van der Waals surface area contributed by atoms with Crippen LogP contribution in [0.1, 0.15) is 40.0 Å². The maximum Gasteiger partial charge on any atom is 0.307 e. The van der Waals surface area contributed by atoms with Crippen LogP contribution in [0.4, 0.5) is 0 Å². The van der Waals surface area contributed by atoms with Crippen molar-refractivity contribution in [3.63, 3.8) is 0 Å². The molecule has 1 N–H and O–H groups in total. The monoisotopic (exact) mass is 184 g/mol. The van der Waals surface area contributed by atoms with E-state index in [2.05, 4.69) is 20.8 Å². The van der Waals surface area contributed by atoms with Crippen molar-refractivity contribution >= 4 is 5.97 Å². The second kappa shape index (κ2) is 4.12. The molecular weight excluding hydrogens is 164 g/mol. The van der Waals surface area contributed by atoms with Gasteiger partial charge in [-0.2, -0.15) is 0 Å². The van der Waals surface area contributed by atoms with Gasteiger partial charge in [-0.1, -0.05) is 27.2 Å². The molecule has 1 fully saturated rings. The smallest absolute Gasteiger partial charge is 0.307 e. The zero-order chi connectivity index (χ0) is 10.0. The summed E-state index contributed by atoms with van der Waals surface area (Å²) < 4.78 is 0. The number of hydrogen-bond acceptors (Lipinski definition) is 1. The highest BCUT2D eigenvalue weighted by Crippen LogP contribution is 2.39. The van der Waals surface area contributed by atoms with E-state index in [9.17, 15) is 4.79 Å². The SMILES string of the molecule is CCC1CC(C)C(C(=O)O)C(C)C1. The Bertz CT molecular complexity index is 177. The third-order valence-corrected chi connectivity index (χ3v) is 3.50. The normalized spacial score (nSPS) is 40.2.